The molecule has 0 aliphatic heterocycles. The van der Waals surface area contributed by atoms with Crippen LogP contribution >= 0.6 is 0 Å². The highest BCUT2D eigenvalue weighted by Gasteiger charge is 2.18. The minimum Gasteiger partial charge on any atom is -0.508 e. The molecule has 18 heavy (non-hydrogen) atoms. The first-order valence-electron chi connectivity index (χ1n) is 5.97. The summed E-state index contributed by atoms with van der Waals surface area (Å²) in [5.74, 6) is 0.351. The van der Waals surface area contributed by atoms with Gasteiger partial charge in [-0.1, -0.05) is 13.0 Å². The number of Topliss-reactive ketones (excluding diaryl/α,β-unsaturated/α-hetero) is 1. The van der Waals surface area contributed by atoms with Crippen molar-refractivity contribution in [2.24, 2.45) is 5.92 Å². The second-order valence-electron chi connectivity index (χ2n) is 4.55. The second kappa shape index (κ2) is 5.19. The van der Waals surface area contributed by atoms with Crippen molar-refractivity contribution in [3.05, 3.63) is 53.1 Å². The van der Waals surface area contributed by atoms with Gasteiger partial charge in [-0.3, -0.25) is 4.79 Å². The van der Waals surface area contributed by atoms with Gasteiger partial charge in [0, 0.05) is 11.1 Å². The molecule has 94 valence electrons. The van der Waals surface area contributed by atoms with E-state index in [9.17, 15) is 15.0 Å². The molecule has 0 aromatic heterocycles. The lowest BCUT2D eigenvalue weighted by Crippen LogP contribution is -2.12. The lowest BCUT2D eigenvalue weighted by atomic mass is 9.87. The van der Waals surface area contributed by atoms with E-state index in [0.717, 1.165) is 12.0 Å². The molecule has 0 spiro atoms. The van der Waals surface area contributed by atoms with Gasteiger partial charge in [0.15, 0.2) is 5.78 Å². The zero-order valence-corrected chi connectivity index (χ0v) is 10.3. The number of benzene rings is 1. The van der Waals surface area contributed by atoms with Gasteiger partial charge in [-0.15, -0.1) is 0 Å². The van der Waals surface area contributed by atoms with Crippen molar-refractivity contribution in [3.63, 3.8) is 0 Å². The Bertz CT molecular complexity index is 509. The maximum Gasteiger partial charge on any atom is 0.192 e. The SMILES string of the molecule is CC1CC=C(C(=O)c2ccc(O)cc2)C=C1CO. The zero-order chi connectivity index (χ0) is 13.1. The second-order valence-corrected chi connectivity index (χ2v) is 4.55. The number of carbonyl (C=O) groups excluding carboxylic acids is 1. The average molecular weight is 244 g/mol. The number of aromatic hydroxyl groups is 1. The lowest BCUT2D eigenvalue weighted by molar-refractivity contribution is 0.103. The van der Waals surface area contributed by atoms with E-state index < -0.39 is 0 Å². The Morgan fingerprint density at radius 3 is 2.61 bits per heavy atom. The van der Waals surface area contributed by atoms with Gasteiger partial charge >= 0.3 is 0 Å². The fourth-order valence-electron chi connectivity index (χ4n) is 2.00. The van der Waals surface area contributed by atoms with Crippen LogP contribution in [0, 0.1) is 5.92 Å². The number of hydrogen-bond acceptors (Lipinski definition) is 3. The minimum absolute atomic E-state index is 0.0125. The van der Waals surface area contributed by atoms with Crippen LogP contribution < -0.4 is 0 Å². The predicted molar refractivity (Wildman–Crippen MR) is 69.5 cm³/mol. The van der Waals surface area contributed by atoms with Gasteiger partial charge in [-0.25, -0.2) is 0 Å². The zero-order valence-electron chi connectivity index (χ0n) is 10.3. The number of aliphatic hydroxyl groups excluding tert-OH is 1. The molecule has 0 heterocycles. The minimum atomic E-state index is -0.0761. The summed E-state index contributed by atoms with van der Waals surface area (Å²) >= 11 is 0. The lowest BCUT2D eigenvalue weighted by Gasteiger charge is -2.18. The van der Waals surface area contributed by atoms with Crippen LogP contribution in [-0.2, 0) is 0 Å². The van der Waals surface area contributed by atoms with Crippen molar-refractivity contribution in [2.45, 2.75) is 13.3 Å². The predicted octanol–water partition coefficient (Wildman–Crippen LogP) is 2.46. The highest BCUT2D eigenvalue weighted by Crippen LogP contribution is 2.25. The van der Waals surface area contributed by atoms with Gasteiger partial charge in [0.25, 0.3) is 0 Å². The van der Waals surface area contributed by atoms with Gasteiger partial charge < -0.3 is 10.2 Å². The quantitative estimate of drug-likeness (QED) is 0.803. The first kappa shape index (κ1) is 12.6. The van der Waals surface area contributed by atoms with Crippen molar-refractivity contribution >= 4 is 5.78 Å². The Hall–Kier alpha value is -1.87. The Balaban J connectivity index is 2.25. The smallest absolute Gasteiger partial charge is 0.192 e. The molecule has 0 amide bonds. The number of allylic oxidation sites excluding steroid dienone is 3. The third-order valence-electron chi connectivity index (χ3n) is 3.24. The van der Waals surface area contributed by atoms with Gasteiger partial charge in [0.2, 0.25) is 0 Å². The fraction of sp³-hybridized carbons (Fsp3) is 0.267. The van der Waals surface area contributed by atoms with Crippen LogP contribution in [0.5, 0.6) is 5.75 Å². The first-order valence-corrected chi connectivity index (χ1v) is 5.97. The van der Waals surface area contributed by atoms with Crippen LogP contribution in [0.15, 0.2) is 47.6 Å². The number of ketones is 1. The molecular weight excluding hydrogens is 228 g/mol. The molecule has 2 N–H and O–H groups in total. The van der Waals surface area contributed by atoms with Gasteiger partial charge in [0.05, 0.1) is 6.61 Å². The molecule has 1 atom stereocenters. The average Bonchev–Trinajstić information content (AvgIpc) is 2.39. The molecule has 0 fully saturated rings. The molecule has 1 aromatic rings. The summed E-state index contributed by atoms with van der Waals surface area (Å²) in [5, 5.41) is 18.4. The van der Waals surface area contributed by atoms with Crippen molar-refractivity contribution in [2.75, 3.05) is 6.61 Å². The summed E-state index contributed by atoms with van der Waals surface area (Å²) in [6.45, 7) is 2.02. The van der Waals surface area contributed by atoms with Gasteiger partial charge in [-0.05, 0) is 48.3 Å². The first-order chi connectivity index (χ1) is 8.61. The van der Waals surface area contributed by atoms with Crippen LogP contribution in [0.1, 0.15) is 23.7 Å². The highest BCUT2D eigenvalue weighted by molar-refractivity contribution is 6.10. The molecular formula is C15H16O3. The number of carbonyl (C=O) groups is 1. The topological polar surface area (TPSA) is 57.5 Å². The van der Waals surface area contributed by atoms with Gasteiger partial charge in [-0.2, -0.15) is 0 Å². The third-order valence-corrected chi connectivity index (χ3v) is 3.24. The molecule has 3 nitrogen and oxygen atoms in total. The number of rotatable bonds is 3. The molecule has 1 unspecified atom stereocenters. The van der Waals surface area contributed by atoms with Crippen LogP contribution in [0.3, 0.4) is 0 Å². The van der Waals surface area contributed by atoms with Gasteiger partial charge in [0.1, 0.15) is 5.75 Å². The molecule has 0 bridgehead atoms. The maximum absolute atomic E-state index is 12.2. The summed E-state index contributed by atoms with van der Waals surface area (Å²) in [6, 6.07) is 6.19. The number of phenolic OH excluding ortho intramolecular Hbond substituents is 1. The van der Waals surface area contributed by atoms with E-state index in [1.165, 1.54) is 12.1 Å². The summed E-state index contributed by atoms with van der Waals surface area (Å²) in [6.07, 6.45) is 4.44. The van der Waals surface area contributed by atoms with E-state index in [1.807, 2.05) is 13.0 Å². The molecule has 0 radical (unpaired) electrons. The van der Waals surface area contributed by atoms with Crippen molar-refractivity contribution in [3.8, 4) is 5.75 Å². The van der Waals surface area contributed by atoms with Crippen LogP contribution in [0.2, 0.25) is 0 Å². The molecule has 3 heteroatoms. The van der Waals surface area contributed by atoms with E-state index in [1.54, 1.807) is 18.2 Å². The Morgan fingerprint density at radius 2 is 2.00 bits per heavy atom. The number of aliphatic hydroxyl groups is 1. The molecule has 1 aliphatic rings. The summed E-state index contributed by atoms with van der Waals surface area (Å²) in [5.41, 5.74) is 2.05. The summed E-state index contributed by atoms with van der Waals surface area (Å²) in [7, 11) is 0. The van der Waals surface area contributed by atoms with E-state index in [-0.39, 0.29) is 24.1 Å². The summed E-state index contributed by atoms with van der Waals surface area (Å²) in [4.78, 5) is 12.2. The van der Waals surface area contributed by atoms with Crippen molar-refractivity contribution < 1.29 is 15.0 Å². The normalized spacial score (nSPS) is 19.1. The van der Waals surface area contributed by atoms with E-state index in [2.05, 4.69) is 0 Å². The third kappa shape index (κ3) is 2.51. The van der Waals surface area contributed by atoms with Crippen molar-refractivity contribution in [1.29, 1.82) is 0 Å². The standard InChI is InChI=1S/C15H16O3/c1-10-2-3-12(8-13(10)9-16)15(18)11-4-6-14(17)7-5-11/h3-8,10,16-17H,2,9H2,1H3. The molecule has 2 rings (SSSR count). The van der Waals surface area contributed by atoms with E-state index in [0.29, 0.717) is 11.1 Å². The fourth-order valence-corrected chi connectivity index (χ4v) is 2.00. The Kier molecular flexibility index (Phi) is 3.63. The van der Waals surface area contributed by atoms with Crippen LogP contribution in [0.4, 0.5) is 0 Å². The van der Waals surface area contributed by atoms with Crippen LogP contribution in [-0.4, -0.2) is 22.6 Å². The number of phenols is 1. The monoisotopic (exact) mass is 244 g/mol. The van der Waals surface area contributed by atoms with Crippen LogP contribution in [0.25, 0.3) is 0 Å². The maximum atomic E-state index is 12.2. The highest BCUT2D eigenvalue weighted by atomic mass is 16.3. The largest absolute Gasteiger partial charge is 0.508 e. The van der Waals surface area contributed by atoms with Crippen molar-refractivity contribution in [1.82, 2.24) is 0 Å². The van der Waals surface area contributed by atoms with E-state index in [4.69, 9.17) is 0 Å². The Labute approximate surface area is 106 Å². The summed E-state index contributed by atoms with van der Waals surface area (Å²) < 4.78 is 0. The molecule has 0 saturated carbocycles. The number of hydrogen-bond donors (Lipinski definition) is 2. The molecule has 1 aliphatic carbocycles. The molecule has 0 saturated heterocycles. The Morgan fingerprint density at radius 1 is 1.33 bits per heavy atom. The van der Waals surface area contributed by atoms with E-state index >= 15 is 0 Å². The molecule has 1 aromatic carbocycles.